The fourth-order valence-corrected chi connectivity index (χ4v) is 3.60. The number of hydrogen-bond acceptors (Lipinski definition) is 4. The molecule has 138 valence electrons. The van der Waals surface area contributed by atoms with Gasteiger partial charge in [-0.05, 0) is 17.5 Å². The normalized spacial score (nSPS) is 21.7. The van der Waals surface area contributed by atoms with Gasteiger partial charge in [-0.1, -0.05) is 62.7 Å². The van der Waals surface area contributed by atoms with Crippen LogP contribution in [0.1, 0.15) is 38.1 Å². The van der Waals surface area contributed by atoms with Crippen molar-refractivity contribution in [3.8, 4) is 0 Å². The smallest absolute Gasteiger partial charge is 0.408 e. The van der Waals surface area contributed by atoms with Crippen molar-refractivity contribution in [3.63, 3.8) is 0 Å². The van der Waals surface area contributed by atoms with Gasteiger partial charge < -0.3 is 15.4 Å². The van der Waals surface area contributed by atoms with Gasteiger partial charge in [0.2, 0.25) is 0 Å². The summed E-state index contributed by atoms with van der Waals surface area (Å²) in [7, 11) is 0. The van der Waals surface area contributed by atoms with Crippen LogP contribution in [0.5, 0.6) is 0 Å². The lowest BCUT2D eigenvalue weighted by Crippen LogP contribution is -2.46. The molecule has 0 saturated heterocycles. The number of halogens is 1. The van der Waals surface area contributed by atoms with Crippen molar-refractivity contribution in [1.82, 2.24) is 10.3 Å². The highest BCUT2D eigenvalue weighted by Gasteiger charge is 2.37. The fraction of sp³-hybridized carbons (Fsp3) is 0.400. The number of pyridine rings is 1. The van der Waals surface area contributed by atoms with E-state index >= 15 is 0 Å². The summed E-state index contributed by atoms with van der Waals surface area (Å²) >= 11 is 6.10. The minimum absolute atomic E-state index is 0.153. The first-order chi connectivity index (χ1) is 12.5. The first kappa shape index (κ1) is 18.5. The molecule has 0 bridgehead atoms. The zero-order chi connectivity index (χ0) is 18.7. The van der Waals surface area contributed by atoms with Crippen molar-refractivity contribution >= 4 is 23.4 Å². The van der Waals surface area contributed by atoms with Crippen molar-refractivity contribution in [1.29, 1.82) is 0 Å². The molecule has 1 unspecified atom stereocenters. The van der Waals surface area contributed by atoms with Gasteiger partial charge in [0.15, 0.2) is 0 Å². The van der Waals surface area contributed by atoms with E-state index < -0.39 is 6.09 Å². The van der Waals surface area contributed by atoms with Crippen LogP contribution >= 0.6 is 11.6 Å². The zero-order valence-corrected chi connectivity index (χ0v) is 16.0. The molecule has 3 rings (SSSR count). The lowest BCUT2D eigenvalue weighted by Gasteiger charge is -2.40. The zero-order valence-electron chi connectivity index (χ0n) is 15.2. The largest absolute Gasteiger partial charge is 0.445 e. The van der Waals surface area contributed by atoms with Crippen LogP contribution in [0.4, 0.5) is 10.5 Å². The molecule has 2 N–H and O–H groups in total. The number of rotatable bonds is 4. The second kappa shape index (κ2) is 7.96. The van der Waals surface area contributed by atoms with Crippen molar-refractivity contribution in [3.05, 3.63) is 58.9 Å². The van der Waals surface area contributed by atoms with E-state index in [1.807, 2.05) is 36.4 Å². The molecule has 5 nitrogen and oxygen atoms in total. The summed E-state index contributed by atoms with van der Waals surface area (Å²) in [6.45, 7) is 6.66. The summed E-state index contributed by atoms with van der Waals surface area (Å²) in [4.78, 5) is 16.8. The molecule has 26 heavy (non-hydrogen) atoms. The molecule has 2 aromatic rings. The van der Waals surface area contributed by atoms with Crippen LogP contribution < -0.4 is 10.6 Å². The number of alkyl carbamates (subject to hydrolysis) is 1. The number of carbonyl (C=O) groups excluding carboxylic acids is 1. The molecule has 0 radical (unpaired) electrons. The number of nitrogens with zero attached hydrogens (tertiary/aromatic N) is 1. The second-order valence-corrected chi connectivity index (χ2v) is 7.48. The van der Waals surface area contributed by atoms with Crippen LogP contribution in [0.3, 0.4) is 0 Å². The maximum atomic E-state index is 12.4. The first-order valence-corrected chi connectivity index (χ1v) is 9.22. The lowest BCUT2D eigenvalue weighted by molar-refractivity contribution is 0.129. The molecule has 1 aliphatic rings. The molecule has 1 amide bonds. The van der Waals surface area contributed by atoms with Crippen LogP contribution in [0.25, 0.3) is 0 Å². The quantitative estimate of drug-likeness (QED) is 0.808. The average molecular weight is 374 g/mol. The third-order valence-electron chi connectivity index (χ3n) is 4.80. The molecular formula is C20H24ClN3O2. The van der Waals surface area contributed by atoms with Crippen LogP contribution in [-0.4, -0.2) is 17.1 Å². The third-order valence-corrected chi connectivity index (χ3v) is 5.01. The standard InChI is InChI=1S/C20H24ClN3O2/c1-12(2)17-13(3)18(19-16(23-17)9-15(21)10-22-19)24-20(25)26-11-14-7-5-4-6-8-14/h4-10,12-13,17-18,23H,11H2,1-3H3,(H,24,25)/t13-,17?,18+/m0/s1. The van der Waals surface area contributed by atoms with E-state index in [4.69, 9.17) is 16.3 Å². The first-order valence-electron chi connectivity index (χ1n) is 8.85. The number of ether oxygens (including phenoxy) is 1. The maximum Gasteiger partial charge on any atom is 0.408 e. The summed E-state index contributed by atoms with van der Waals surface area (Å²) in [6, 6.07) is 11.4. The van der Waals surface area contributed by atoms with Crippen molar-refractivity contribution < 1.29 is 9.53 Å². The molecule has 3 atom stereocenters. The number of fused-ring (bicyclic) bond motifs is 1. The van der Waals surface area contributed by atoms with Gasteiger partial charge in [0.05, 0.1) is 22.4 Å². The predicted molar refractivity (Wildman–Crippen MR) is 103 cm³/mol. The van der Waals surface area contributed by atoms with Crippen LogP contribution in [-0.2, 0) is 11.3 Å². The van der Waals surface area contributed by atoms with E-state index in [0.717, 1.165) is 16.9 Å². The van der Waals surface area contributed by atoms with Gasteiger partial charge in [0.25, 0.3) is 0 Å². The molecule has 6 heteroatoms. The Bertz CT molecular complexity index is 767. The van der Waals surface area contributed by atoms with Crippen molar-refractivity contribution in [2.45, 2.75) is 39.5 Å². The molecular weight excluding hydrogens is 350 g/mol. The summed E-state index contributed by atoms with van der Waals surface area (Å²) in [5.74, 6) is 0.544. The average Bonchev–Trinajstić information content (AvgIpc) is 2.62. The van der Waals surface area contributed by atoms with Gasteiger partial charge in [-0.25, -0.2) is 4.79 Å². The number of aromatic nitrogens is 1. The Kier molecular flexibility index (Phi) is 5.67. The molecule has 0 aliphatic carbocycles. The molecule has 1 aliphatic heterocycles. The second-order valence-electron chi connectivity index (χ2n) is 7.04. The summed E-state index contributed by atoms with van der Waals surface area (Å²) in [6.07, 6.45) is 1.16. The molecule has 0 fully saturated rings. The molecule has 1 aromatic heterocycles. The lowest BCUT2D eigenvalue weighted by atomic mass is 9.81. The van der Waals surface area contributed by atoms with Gasteiger partial charge in [-0.15, -0.1) is 0 Å². The molecule has 0 spiro atoms. The number of nitrogens with one attached hydrogen (secondary N) is 2. The van der Waals surface area contributed by atoms with E-state index in [0.29, 0.717) is 10.9 Å². The van der Waals surface area contributed by atoms with Crippen molar-refractivity contribution in [2.75, 3.05) is 5.32 Å². The Hall–Kier alpha value is -2.27. The Morgan fingerprint density at radius 1 is 1.35 bits per heavy atom. The summed E-state index contributed by atoms with van der Waals surface area (Å²) in [5.41, 5.74) is 2.60. The van der Waals surface area contributed by atoms with E-state index in [1.54, 1.807) is 6.20 Å². The van der Waals surface area contributed by atoms with E-state index in [-0.39, 0.29) is 24.6 Å². The molecule has 0 saturated carbocycles. The monoisotopic (exact) mass is 373 g/mol. The third kappa shape index (κ3) is 4.10. The van der Waals surface area contributed by atoms with Gasteiger partial charge in [-0.3, -0.25) is 4.98 Å². The summed E-state index contributed by atoms with van der Waals surface area (Å²) < 4.78 is 5.39. The van der Waals surface area contributed by atoms with Crippen LogP contribution in [0.2, 0.25) is 5.02 Å². The van der Waals surface area contributed by atoms with Gasteiger partial charge in [-0.2, -0.15) is 0 Å². The minimum atomic E-state index is -0.446. The Morgan fingerprint density at radius 2 is 2.08 bits per heavy atom. The highest BCUT2D eigenvalue weighted by Crippen LogP contribution is 2.38. The molecule has 1 aromatic carbocycles. The van der Waals surface area contributed by atoms with Crippen molar-refractivity contribution in [2.24, 2.45) is 11.8 Å². The Morgan fingerprint density at radius 3 is 2.77 bits per heavy atom. The van der Waals surface area contributed by atoms with Crippen LogP contribution in [0, 0.1) is 11.8 Å². The minimum Gasteiger partial charge on any atom is -0.445 e. The van der Waals surface area contributed by atoms with Gasteiger partial charge in [0, 0.05) is 18.2 Å². The van der Waals surface area contributed by atoms with E-state index in [1.165, 1.54) is 0 Å². The highest BCUT2D eigenvalue weighted by atomic mass is 35.5. The Balaban J connectivity index is 1.75. The maximum absolute atomic E-state index is 12.4. The number of hydrogen-bond donors (Lipinski definition) is 2. The number of benzene rings is 1. The van der Waals surface area contributed by atoms with Gasteiger partial charge in [0.1, 0.15) is 6.61 Å². The highest BCUT2D eigenvalue weighted by molar-refractivity contribution is 6.30. The predicted octanol–water partition coefficient (Wildman–Crippen LogP) is 4.79. The number of carbonyl (C=O) groups is 1. The summed E-state index contributed by atoms with van der Waals surface area (Å²) in [5, 5.41) is 7.07. The molecule has 2 heterocycles. The van der Waals surface area contributed by atoms with Crippen LogP contribution in [0.15, 0.2) is 42.6 Å². The topological polar surface area (TPSA) is 63.2 Å². The number of anilines is 1. The SMILES string of the molecule is CC(C)C1Nc2cc(Cl)cnc2[C@H](NC(=O)OCc2ccccc2)[C@H]1C. The Labute approximate surface area is 159 Å². The van der Waals surface area contributed by atoms with E-state index in [9.17, 15) is 4.79 Å². The van der Waals surface area contributed by atoms with E-state index in [2.05, 4.69) is 36.4 Å². The fourth-order valence-electron chi connectivity index (χ4n) is 3.45. The number of amides is 1. The van der Waals surface area contributed by atoms with Gasteiger partial charge >= 0.3 is 6.09 Å².